The quantitative estimate of drug-likeness (QED) is 0.685. The van der Waals surface area contributed by atoms with E-state index < -0.39 is 0 Å². The van der Waals surface area contributed by atoms with Gasteiger partial charge in [-0.1, -0.05) is 0 Å². The third-order valence-corrected chi connectivity index (χ3v) is 1.50. The van der Waals surface area contributed by atoms with Crippen LogP contribution in [0.4, 0.5) is 0 Å². The lowest BCUT2D eigenvalue weighted by Crippen LogP contribution is -2.15. The van der Waals surface area contributed by atoms with Crippen molar-refractivity contribution in [3.05, 3.63) is 24.2 Å². The Bertz CT molecular complexity index is 194. The molecular weight excluding hydrogens is 142 g/mol. The van der Waals surface area contributed by atoms with Gasteiger partial charge in [-0.2, -0.15) is 0 Å². The Morgan fingerprint density at radius 3 is 2.91 bits per heavy atom. The molecule has 1 heterocycles. The van der Waals surface area contributed by atoms with Crippen LogP contribution in [0.25, 0.3) is 0 Å². The molecule has 0 radical (unpaired) electrons. The number of hydrogen-bond donors (Lipinski definition) is 2. The van der Waals surface area contributed by atoms with E-state index in [4.69, 9.17) is 15.3 Å². The van der Waals surface area contributed by atoms with Crippen LogP contribution in [0.5, 0.6) is 0 Å². The second-order valence-electron chi connectivity index (χ2n) is 2.71. The van der Waals surface area contributed by atoms with Crippen molar-refractivity contribution in [3.8, 4) is 0 Å². The van der Waals surface area contributed by atoms with Crippen LogP contribution < -0.4 is 5.73 Å². The van der Waals surface area contributed by atoms with Crippen molar-refractivity contribution in [2.24, 2.45) is 5.73 Å². The van der Waals surface area contributed by atoms with Gasteiger partial charge < -0.3 is 15.3 Å². The minimum absolute atomic E-state index is 0.190. The largest absolute Gasteiger partial charge is 0.468 e. The smallest absolute Gasteiger partial charge is 0.120 e. The molecule has 2 unspecified atom stereocenters. The SMILES string of the molecule is CC(O)CC(N)c1ccco1. The summed E-state index contributed by atoms with van der Waals surface area (Å²) in [5, 5.41) is 9.00. The van der Waals surface area contributed by atoms with Gasteiger partial charge in [0.1, 0.15) is 5.76 Å². The summed E-state index contributed by atoms with van der Waals surface area (Å²) in [5.74, 6) is 0.728. The van der Waals surface area contributed by atoms with E-state index in [2.05, 4.69) is 0 Å². The van der Waals surface area contributed by atoms with Crippen LogP contribution in [0, 0.1) is 0 Å². The van der Waals surface area contributed by atoms with Crippen LogP contribution in [0.15, 0.2) is 22.8 Å². The summed E-state index contributed by atoms with van der Waals surface area (Å²) >= 11 is 0. The number of aliphatic hydroxyl groups is 1. The van der Waals surface area contributed by atoms with Crippen molar-refractivity contribution in [2.75, 3.05) is 0 Å². The molecule has 0 aromatic carbocycles. The molecule has 62 valence electrons. The van der Waals surface area contributed by atoms with E-state index in [1.165, 1.54) is 0 Å². The normalized spacial score (nSPS) is 16.3. The Kier molecular flexibility index (Phi) is 2.68. The molecule has 11 heavy (non-hydrogen) atoms. The van der Waals surface area contributed by atoms with Crippen LogP contribution in [-0.4, -0.2) is 11.2 Å². The van der Waals surface area contributed by atoms with Crippen molar-refractivity contribution < 1.29 is 9.52 Å². The maximum Gasteiger partial charge on any atom is 0.120 e. The first kappa shape index (κ1) is 8.30. The van der Waals surface area contributed by atoms with E-state index in [-0.39, 0.29) is 12.1 Å². The highest BCUT2D eigenvalue weighted by Gasteiger charge is 2.10. The molecule has 0 amide bonds. The first-order valence-electron chi connectivity index (χ1n) is 3.67. The molecule has 1 aromatic rings. The van der Waals surface area contributed by atoms with Crippen molar-refractivity contribution in [1.29, 1.82) is 0 Å². The molecule has 0 aliphatic heterocycles. The summed E-state index contributed by atoms with van der Waals surface area (Å²) in [6.07, 6.45) is 1.74. The summed E-state index contributed by atoms with van der Waals surface area (Å²) in [6, 6.07) is 3.41. The summed E-state index contributed by atoms with van der Waals surface area (Å²) in [7, 11) is 0. The Hall–Kier alpha value is -0.800. The van der Waals surface area contributed by atoms with Gasteiger partial charge in [0.2, 0.25) is 0 Å². The molecule has 0 aliphatic carbocycles. The molecule has 1 aromatic heterocycles. The molecule has 3 heteroatoms. The lowest BCUT2D eigenvalue weighted by atomic mass is 10.1. The number of aliphatic hydroxyl groups excluding tert-OH is 1. The minimum Gasteiger partial charge on any atom is -0.468 e. The summed E-state index contributed by atoms with van der Waals surface area (Å²) in [5.41, 5.74) is 5.69. The van der Waals surface area contributed by atoms with Gasteiger partial charge in [0.05, 0.1) is 18.4 Å². The first-order chi connectivity index (χ1) is 5.20. The lowest BCUT2D eigenvalue weighted by Gasteiger charge is -2.09. The van der Waals surface area contributed by atoms with Gasteiger partial charge in [-0.3, -0.25) is 0 Å². The van der Waals surface area contributed by atoms with Gasteiger partial charge in [-0.25, -0.2) is 0 Å². The maximum atomic E-state index is 9.00. The fourth-order valence-electron chi connectivity index (χ4n) is 0.986. The second kappa shape index (κ2) is 3.55. The van der Waals surface area contributed by atoms with Crippen LogP contribution in [-0.2, 0) is 0 Å². The van der Waals surface area contributed by atoms with Gasteiger partial charge in [-0.05, 0) is 25.5 Å². The molecule has 0 saturated heterocycles. The van der Waals surface area contributed by atoms with E-state index in [1.54, 1.807) is 19.3 Å². The topological polar surface area (TPSA) is 59.4 Å². The zero-order valence-electron chi connectivity index (χ0n) is 6.53. The standard InChI is InChI=1S/C8H13NO2/c1-6(10)5-7(9)8-3-2-4-11-8/h2-4,6-7,10H,5,9H2,1H3. The van der Waals surface area contributed by atoms with Crippen LogP contribution in [0.1, 0.15) is 25.1 Å². The van der Waals surface area contributed by atoms with Gasteiger partial charge in [0.15, 0.2) is 0 Å². The molecular formula is C8H13NO2. The monoisotopic (exact) mass is 155 g/mol. The zero-order valence-corrected chi connectivity index (χ0v) is 6.53. The average molecular weight is 155 g/mol. The number of furan rings is 1. The molecule has 2 atom stereocenters. The molecule has 3 nitrogen and oxygen atoms in total. The van der Waals surface area contributed by atoms with Gasteiger partial charge in [0.25, 0.3) is 0 Å². The van der Waals surface area contributed by atoms with E-state index >= 15 is 0 Å². The van der Waals surface area contributed by atoms with Gasteiger partial charge >= 0.3 is 0 Å². The third-order valence-electron chi connectivity index (χ3n) is 1.50. The van der Waals surface area contributed by atoms with Crippen molar-refractivity contribution in [3.63, 3.8) is 0 Å². The highest BCUT2D eigenvalue weighted by Crippen LogP contribution is 2.15. The van der Waals surface area contributed by atoms with Crippen LogP contribution in [0.2, 0.25) is 0 Å². The number of hydrogen-bond acceptors (Lipinski definition) is 3. The van der Waals surface area contributed by atoms with E-state index in [0.717, 1.165) is 5.76 Å². The van der Waals surface area contributed by atoms with Crippen molar-refractivity contribution in [1.82, 2.24) is 0 Å². The Morgan fingerprint density at radius 1 is 1.73 bits per heavy atom. The fourth-order valence-corrected chi connectivity index (χ4v) is 0.986. The Labute approximate surface area is 65.8 Å². The highest BCUT2D eigenvalue weighted by molar-refractivity contribution is 5.03. The predicted molar refractivity (Wildman–Crippen MR) is 41.9 cm³/mol. The van der Waals surface area contributed by atoms with Gasteiger partial charge in [0, 0.05) is 0 Å². The molecule has 0 saturated carbocycles. The number of nitrogens with two attached hydrogens (primary N) is 1. The van der Waals surface area contributed by atoms with Crippen LogP contribution in [0.3, 0.4) is 0 Å². The molecule has 0 fully saturated rings. The number of rotatable bonds is 3. The zero-order chi connectivity index (χ0) is 8.27. The second-order valence-corrected chi connectivity index (χ2v) is 2.71. The predicted octanol–water partition coefficient (Wildman–Crippen LogP) is 1.05. The van der Waals surface area contributed by atoms with Crippen molar-refractivity contribution in [2.45, 2.75) is 25.5 Å². The molecule has 1 rings (SSSR count). The summed E-state index contributed by atoms with van der Waals surface area (Å²) < 4.78 is 5.06. The molecule has 0 spiro atoms. The summed E-state index contributed by atoms with van der Waals surface area (Å²) in [4.78, 5) is 0. The highest BCUT2D eigenvalue weighted by atomic mass is 16.3. The molecule has 0 aliphatic rings. The molecule has 0 bridgehead atoms. The van der Waals surface area contributed by atoms with Crippen LogP contribution >= 0.6 is 0 Å². The van der Waals surface area contributed by atoms with Gasteiger partial charge in [-0.15, -0.1) is 0 Å². The van der Waals surface area contributed by atoms with Crippen molar-refractivity contribution >= 4 is 0 Å². The van der Waals surface area contributed by atoms with E-state index in [1.807, 2.05) is 6.07 Å². The summed E-state index contributed by atoms with van der Waals surface area (Å²) in [6.45, 7) is 1.71. The average Bonchev–Trinajstić information content (AvgIpc) is 2.35. The Balaban J connectivity index is 2.49. The minimum atomic E-state index is -0.380. The first-order valence-corrected chi connectivity index (χ1v) is 3.67. The maximum absolute atomic E-state index is 9.00. The fraction of sp³-hybridized carbons (Fsp3) is 0.500. The third kappa shape index (κ3) is 2.37. The Morgan fingerprint density at radius 2 is 2.45 bits per heavy atom. The lowest BCUT2D eigenvalue weighted by molar-refractivity contribution is 0.171. The van der Waals surface area contributed by atoms with E-state index in [9.17, 15) is 0 Å². The molecule has 3 N–H and O–H groups in total. The van der Waals surface area contributed by atoms with E-state index in [0.29, 0.717) is 6.42 Å².